The number of para-hydroxylation sites is 2. The Hall–Kier alpha value is -1.96. The lowest BCUT2D eigenvalue weighted by Crippen LogP contribution is -2.49. The molecule has 2 aromatic carbocycles. The minimum Gasteiger partial charge on any atom is -0.382 e. The van der Waals surface area contributed by atoms with Gasteiger partial charge in [-0.15, -0.1) is 0 Å². The topological polar surface area (TPSA) is 15.3 Å². The van der Waals surface area contributed by atoms with Crippen LogP contribution >= 0.6 is 0 Å². The van der Waals surface area contributed by atoms with Crippen LogP contribution in [0.25, 0.3) is 0 Å². The minimum atomic E-state index is 0.565. The molecule has 1 N–H and O–H groups in total. The third-order valence-corrected chi connectivity index (χ3v) is 4.65. The lowest BCUT2D eigenvalue weighted by atomic mass is 9.89. The van der Waals surface area contributed by atoms with Gasteiger partial charge in [0.25, 0.3) is 0 Å². The molecule has 0 saturated carbocycles. The highest BCUT2D eigenvalue weighted by Gasteiger charge is 2.30. The van der Waals surface area contributed by atoms with Gasteiger partial charge in [0.2, 0.25) is 0 Å². The van der Waals surface area contributed by atoms with Crippen molar-refractivity contribution in [3.05, 3.63) is 60.7 Å². The zero-order valence-electron chi connectivity index (χ0n) is 13.6. The Kier molecular flexibility index (Phi) is 4.67. The summed E-state index contributed by atoms with van der Waals surface area (Å²) in [6, 6.07) is 22.6. The van der Waals surface area contributed by atoms with Crippen molar-refractivity contribution in [2.24, 2.45) is 5.92 Å². The largest absolute Gasteiger partial charge is 0.382 e. The maximum Gasteiger partial charge on any atom is 0.0368 e. The van der Waals surface area contributed by atoms with Gasteiger partial charge in [0.05, 0.1) is 0 Å². The van der Waals surface area contributed by atoms with Gasteiger partial charge in [-0.25, -0.2) is 0 Å². The van der Waals surface area contributed by atoms with Crippen LogP contribution in [-0.4, -0.2) is 18.6 Å². The van der Waals surface area contributed by atoms with Crippen LogP contribution in [0.2, 0.25) is 0 Å². The maximum absolute atomic E-state index is 3.71. The van der Waals surface area contributed by atoms with Crippen molar-refractivity contribution >= 4 is 11.4 Å². The standard InChI is InChI=1S/C20H26N2/c1-16(2)20-15-18(21-17-9-5-3-6-10-17)13-14-22(20)19-11-7-4-8-12-19/h3-12,16,18,20-21H,13-15H2,1-2H3/t18-,20-/m0/s1. The average Bonchev–Trinajstić information content (AvgIpc) is 2.56. The van der Waals surface area contributed by atoms with Crippen molar-refractivity contribution in [3.63, 3.8) is 0 Å². The van der Waals surface area contributed by atoms with Crippen LogP contribution in [0.4, 0.5) is 11.4 Å². The Morgan fingerprint density at radius 1 is 0.955 bits per heavy atom. The van der Waals surface area contributed by atoms with Crippen molar-refractivity contribution < 1.29 is 0 Å². The molecular weight excluding hydrogens is 268 g/mol. The molecule has 2 heteroatoms. The monoisotopic (exact) mass is 294 g/mol. The van der Waals surface area contributed by atoms with E-state index in [9.17, 15) is 0 Å². The van der Waals surface area contributed by atoms with Crippen molar-refractivity contribution in [2.75, 3.05) is 16.8 Å². The second kappa shape index (κ2) is 6.87. The zero-order valence-corrected chi connectivity index (χ0v) is 13.6. The van der Waals surface area contributed by atoms with Gasteiger partial charge in [-0.05, 0) is 43.0 Å². The number of nitrogens with zero attached hydrogens (tertiary/aromatic N) is 1. The number of benzene rings is 2. The highest BCUT2D eigenvalue weighted by Crippen LogP contribution is 2.30. The Morgan fingerprint density at radius 2 is 1.59 bits per heavy atom. The van der Waals surface area contributed by atoms with Crippen molar-refractivity contribution in [1.29, 1.82) is 0 Å². The Balaban J connectivity index is 1.71. The number of anilines is 2. The highest BCUT2D eigenvalue weighted by atomic mass is 15.2. The lowest BCUT2D eigenvalue weighted by Gasteiger charge is -2.43. The van der Waals surface area contributed by atoms with Crippen LogP contribution in [0.5, 0.6) is 0 Å². The number of nitrogens with one attached hydrogen (secondary N) is 1. The summed E-state index contributed by atoms with van der Waals surface area (Å²) in [7, 11) is 0. The number of hydrogen-bond acceptors (Lipinski definition) is 2. The van der Waals surface area contributed by atoms with Gasteiger partial charge in [-0.2, -0.15) is 0 Å². The molecular formula is C20H26N2. The van der Waals surface area contributed by atoms with Crippen molar-refractivity contribution in [3.8, 4) is 0 Å². The number of piperidine rings is 1. The molecule has 116 valence electrons. The van der Waals surface area contributed by atoms with Crippen LogP contribution in [0, 0.1) is 5.92 Å². The van der Waals surface area contributed by atoms with Crippen LogP contribution in [0.3, 0.4) is 0 Å². The van der Waals surface area contributed by atoms with Crippen LogP contribution in [0.15, 0.2) is 60.7 Å². The predicted octanol–water partition coefficient (Wildman–Crippen LogP) is 4.79. The molecule has 22 heavy (non-hydrogen) atoms. The van der Waals surface area contributed by atoms with Crippen molar-refractivity contribution in [1.82, 2.24) is 0 Å². The third-order valence-electron chi connectivity index (χ3n) is 4.65. The molecule has 0 unspecified atom stereocenters. The predicted molar refractivity (Wildman–Crippen MR) is 95.5 cm³/mol. The summed E-state index contributed by atoms with van der Waals surface area (Å²) < 4.78 is 0. The van der Waals surface area contributed by atoms with Gasteiger partial charge in [0, 0.05) is 30.0 Å². The fourth-order valence-corrected chi connectivity index (χ4v) is 3.47. The summed E-state index contributed by atoms with van der Waals surface area (Å²) in [6.07, 6.45) is 2.38. The van der Waals surface area contributed by atoms with Gasteiger partial charge >= 0.3 is 0 Å². The first kappa shape index (κ1) is 15.0. The molecule has 3 rings (SSSR count). The molecule has 2 atom stereocenters. The van der Waals surface area contributed by atoms with Gasteiger partial charge in [-0.3, -0.25) is 0 Å². The Labute approximate surface area is 134 Å². The SMILES string of the molecule is CC(C)[C@@H]1C[C@@H](Nc2ccccc2)CCN1c1ccccc1. The van der Waals surface area contributed by atoms with E-state index in [0.29, 0.717) is 18.0 Å². The van der Waals surface area contributed by atoms with E-state index in [1.807, 2.05) is 0 Å². The quantitative estimate of drug-likeness (QED) is 0.872. The van der Waals surface area contributed by atoms with Gasteiger partial charge in [0.15, 0.2) is 0 Å². The smallest absolute Gasteiger partial charge is 0.0368 e. The van der Waals surface area contributed by atoms with Crippen LogP contribution in [0.1, 0.15) is 26.7 Å². The average molecular weight is 294 g/mol. The number of rotatable bonds is 4. The zero-order chi connectivity index (χ0) is 15.4. The van der Waals surface area contributed by atoms with E-state index >= 15 is 0 Å². The van der Waals surface area contributed by atoms with Crippen LogP contribution < -0.4 is 10.2 Å². The molecule has 1 heterocycles. The molecule has 0 aliphatic carbocycles. The number of hydrogen-bond donors (Lipinski definition) is 1. The lowest BCUT2D eigenvalue weighted by molar-refractivity contribution is 0.355. The summed E-state index contributed by atoms with van der Waals surface area (Å²) in [5.74, 6) is 0.653. The van der Waals surface area contributed by atoms with E-state index in [2.05, 4.69) is 84.7 Å². The summed E-state index contributed by atoms with van der Waals surface area (Å²) in [4.78, 5) is 2.59. The summed E-state index contributed by atoms with van der Waals surface area (Å²) in [5, 5.41) is 3.71. The van der Waals surface area contributed by atoms with Gasteiger partial charge in [0.1, 0.15) is 0 Å². The molecule has 0 bridgehead atoms. The molecule has 2 nitrogen and oxygen atoms in total. The fraction of sp³-hybridized carbons (Fsp3) is 0.400. The van der Waals surface area contributed by atoms with E-state index in [1.54, 1.807) is 0 Å². The van der Waals surface area contributed by atoms with Gasteiger partial charge in [-0.1, -0.05) is 50.2 Å². The summed E-state index contributed by atoms with van der Waals surface area (Å²) >= 11 is 0. The van der Waals surface area contributed by atoms with Gasteiger partial charge < -0.3 is 10.2 Å². The fourth-order valence-electron chi connectivity index (χ4n) is 3.47. The third kappa shape index (κ3) is 3.44. The summed E-state index contributed by atoms with van der Waals surface area (Å²) in [5.41, 5.74) is 2.60. The first-order chi connectivity index (χ1) is 10.7. The summed E-state index contributed by atoms with van der Waals surface area (Å²) in [6.45, 7) is 5.80. The maximum atomic E-state index is 3.71. The molecule has 0 spiro atoms. The van der Waals surface area contributed by atoms with E-state index in [0.717, 1.165) is 6.54 Å². The molecule has 0 radical (unpaired) electrons. The van der Waals surface area contributed by atoms with E-state index in [4.69, 9.17) is 0 Å². The molecule has 2 aromatic rings. The van der Waals surface area contributed by atoms with E-state index < -0.39 is 0 Å². The second-order valence-electron chi connectivity index (χ2n) is 6.57. The van der Waals surface area contributed by atoms with Crippen LogP contribution in [-0.2, 0) is 0 Å². The van der Waals surface area contributed by atoms with Crippen molar-refractivity contribution in [2.45, 2.75) is 38.8 Å². The highest BCUT2D eigenvalue weighted by molar-refractivity contribution is 5.49. The molecule has 1 saturated heterocycles. The first-order valence-electron chi connectivity index (χ1n) is 8.37. The van der Waals surface area contributed by atoms with E-state index in [1.165, 1.54) is 24.2 Å². The molecule has 1 aliphatic rings. The molecule has 0 aromatic heterocycles. The van der Waals surface area contributed by atoms with E-state index in [-0.39, 0.29) is 0 Å². The molecule has 1 fully saturated rings. The Bertz CT molecular complexity index is 565. The first-order valence-corrected chi connectivity index (χ1v) is 8.37. The molecule has 0 amide bonds. The Morgan fingerprint density at radius 3 is 2.23 bits per heavy atom. The second-order valence-corrected chi connectivity index (χ2v) is 6.57. The minimum absolute atomic E-state index is 0.565. The normalized spacial score (nSPS) is 21.9. The molecule has 1 aliphatic heterocycles.